The Morgan fingerprint density at radius 3 is 2.63 bits per heavy atom. The molecule has 3 aromatic carbocycles. The van der Waals surface area contributed by atoms with E-state index in [2.05, 4.69) is 37.6 Å². The van der Waals surface area contributed by atoms with Crippen LogP contribution >= 0.6 is 15.9 Å². The van der Waals surface area contributed by atoms with Gasteiger partial charge in [-0.1, -0.05) is 58.4 Å². The molecule has 2 aliphatic rings. The van der Waals surface area contributed by atoms with Crippen molar-refractivity contribution in [3.05, 3.63) is 111 Å². The Balaban J connectivity index is 1.63. The van der Waals surface area contributed by atoms with Gasteiger partial charge in [-0.3, -0.25) is 4.79 Å². The number of nitrogens with one attached hydrogen (secondary N) is 3. The predicted octanol–water partition coefficient (Wildman–Crippen LogP) is 6.33. The van der Waals surface area contributed by atoms with Crippen molar-refractivity contribution < 1.29 is 4.79 Å². The van der Waals surface area contributed by atoms with Gasteiger partial charge in [-0.15, -0.1) is 0 Å². The van der Waals surface area contributed by atoms with Gasteiger partial charge in [-0.25, -0.2) is 4.68 Å². The highest BCUT2D eigenvalue weighted by atomic mass is 79.9. The number of anilines is 2. The summed E-state index contributed by atoms with van der Waals surface area (Å²) in [5, 5.41) is 23.3. The second kappa shape index (κ2) is 7.94. The van der Waals surface area contributed by atoms with Crippen LogP contribution in [0.2, 0.25) is 0 Å². The Hall–Kier alpha value is -4.61. The van der Waals surface area contributed by atoms with Gasteiger partial charge in [0.1, 0.15) is 11.2 Å². The Kier molecular flexibility index (Phi) is 4.72. The molecule has 184 valence electrons. The van der Waals surface area contributed by atoms with Gasteiger partial charge in [0, 0.05) is 44.0 Å². The molecule has 0 saturated heterocycles. The number of H-pyrrole nitrogens is 1. The summed E-state index contributed by atoms with van der Waals surface area (Å²) in [6.07, 6.45) is 1.90. The number of carbonyl (C=O) groups is 1. The quantitative estimate of drug-likeness (QED) is 0.235. The molecule has 4 heterocycles. The van der Waals surface area contributed by atoms with Crippen LogP contribution in [0.3, 0.4) is 0 Å². The molecule has 1 atom stereocenters. The highest BCUT2D eigenvalue weighted by Gasteiger charge is 2.58. The van der Waals surface area contributed by atoms with Gasteiger partial charge in [0.05, 0.1) is 28.7 Å². The van der Waals surface area contributed by atoms with Gasteiger partial charge >= 0.3 is 0 Å². The summed E-state index contributed by atoms with van der Waals surface area (Å²) >= 11 is 3.53. The Morgan fingerprint density at radius 2 is 1.84 bits per heavy atom. The number of nitrogens with zero attached hydrogens (tertiary/aromatic N) is 3. The zero-order valence-corrected chi connectivity index (χ0v) is 22.1. The lowest BCUT2D eigenvalue weighted by Crippen LogP contribution is -2.42. The maximum atomic E-state index is 14.2. The zero-order chi connectivity index (χ0) is 26.2. The van der Waals surface area contributed by atoms with Crippen LogP contribution < -0.4 is 10.6 Å². The molecule has 8 heteroatoms. The SMILES string of the molecule is Cc1nn(-c2ccccc2)c2c1C1(C(=O)Nc3cc(Br)ccc31)C(C#N)=C(c1c[nH]c3c(C)cccc13)N2. The molecule has 38 heavy (non-hydrogen) atoms. The average molecular weight is 561 g/mol. The first kappa shape index (κ1) is 22.6. The molecular formula is C30H21BrN6O. The summed E-state index contributed by atoms with van der Waals surface area (Å²) < 4.78 is 2.67. The van der Waals surface area contributed by atoms with Crippen LogP contribution in [0.15, 0.2) is 83.0 Å². The number of benzene rings is 3. The summed E-state index contributed by atoms with van der Waals surface area (Å²) in [7, 11) is 0. The molecule has 2 aromatic heterocycles. The van der Waals surface area contributed by atoms with Gasteiger partial charge in [0.2, 0.25) is 5.91 Å². The molecule has 1 unspecified atom stereocenters. The van der Waals surface area contributed by atoms with E-state index >= 15 is 0 Å². The minimum absolute atomic E-state index is 0.269. The fourth-order valence-electron chi connectivity index (χ4n) is 5.98. The van der Waals surface area contributed by atoms with Crippen LogP contribution in [-0.2, 0) is 10.2 Å². The lowest BCUT2D eigenvalue weighted by atomic mass is 9.67. The number of aromatic amines is 1. The molecule has 5 aromatic rings. The number of aromatic nitrogens is 3. The maximum Gasteiger partial charge on any atom is 0.245 e. The predicted molar refractivity (Wildman–Crippen MR) is 151 cm³/mol. The van der Waals surface area contributed by atoms with Crippen LogP contribution in [0.4, 0.5) is 11.5 Å². The third-order valence-corrected chi connectivity index (χ3v) is 8.08. The Bertz CT molecular complexity index is 1890. The fourth-order valence-corrected chi connectivity index (χ4v) is 6.34. The largest absolute Gasteiger partial charge is 0.360 e. The molecule has 3 N–H and O–H groups in total. The molecule has 7 nitrogen and oxygen atoms in total. The number of carbonyl (C=O) groups excluding carboxylic acids is 1. The van der Waals surface area contributed by atoms with E-state index in [0.29, 0.717) is 34.0 Å². The number of hydrogen-bond donors (Lipinski definition) is 3. The Morgan fingerprint density at radius 1 is 1.03 bits per heavy atom. The Labute approximate surface area is 226 Å². The number of hydrogen-bond acceptors (Lipinski definition) is 4. The van der Waals surface area contributed by atoms with Crippen molar-refractivity contribution in [2.45, 2.75) is 19.3 Å². The number of rotatable bonds is 2. The summed E-state index contributed by atoms with van der Waals surface area (Å²) in [4.78, 5) is 17.6. The smallest absolute Gasteiger partial charge is 0.245 e. The third-order valence-electron chi connectivity index (χ3n) is 7.58. The first-order valence-electron chi connectivity index (χ1n) is 12.2. The second-order valence-corrected chi connectivity index (χ2v) is 10.6. The highest BCUT2D eigenvalue weighted by Crippen LogP contribution is 2.56. The molecule has 0 saturated carbocycles. The van der Waals surface area contributed by atoms with Crippen molar-refractivity contribution in [1.82, 2.24) is 14.8 Å². The fraction of sp³-hybridized carbons (Fsp3) is 0.100. The van der Waals surface area contributed by atoms with Gasteiger partial charge in [0.25, 0.3) is 0 Å². The average Bonchev–Trinajstić information content (AvgIpc) is 3.57. The highest BCUT2D eigenvalue weighted by molar-refractivity contribution is 9.10. The topological polar surface area (TPSA) is 98.5 Å². The number of para-hydroxylation sites is 2. The summed E-state index contributed by atoms with van der Waals surface area (Å²) in [5.41, 5.74) is 6.05. The zero-order valence-electron chi connectivity index (χ0n) is 20.6. The van der Waals surface area contributed by atoms with Crippen LogP contribution in [-0.4, -0.2) is 20.7 Å². The van der Waals surface area contributed by atoms with E-state index in [0.717, 1.165) is 37.8 Å². The van der Waals surface area contributed by atoms with E-state index in [1.54, 1.807) is 0 Å². The van der Waals surface area contributed by atoms with E-state index in [1.165, 1.54) is 0 Å². The number of halogens is 1. The molecule has 1 spiro atoms. The first-order valence-corrected chi connectivity index (χ1v) is 13.0. The summed E-state index contributed by atoms with van der Waals surface area (Å²) in [5.74, 6) is 0.393. The maximum absolute atomic E-state index is 14.2. The van der Waals surface area contributed by atoms with Crippen molar-refractivity contribution in [2.24, 2.45) is 0 Å². The van der Waals surface area contributed by atoms with Crippen LogP contribution in [0.25, 0.3) is 22.3 Å². The number of fused-ring (bicyclic) bond motifs is 5. The van der Waals surface area contributed by atoms with Crippen molar-refractivity contribution in [3.8, 4) is 11.8 Å². The van der Waals surface area contributed by atoms with Gasteiger partial charge < -0.3 is 15.6 Å². The van der Waals surface area contributed by atoms with Crippen LogP contribution in [0.1, 0.15) is 27.9 Å². The molecular weight excluding hydrogens is 540 g/mol. The van der Waals surface area contributed by atoms with Crippen molar-refractivity contribution >= 4 is 49.9 Å². The van der Waals surface area contributed by atoms with Crippen LogP contribution in [0, 0.1) is 25.2 Å². The lowest BCUT2D eigenvalue weighted by Gasteiger charge is -2.34. The monoisotopic (exact) mass is 560 g/mol. The summed E-state index contributed by atoms with van der Waals surface area (Å²) in [6, 6.07) is 24.0. The molecule has 0 radical (unpaired) electrons. The lowest BCUT2D eigenvalue weighted by molar-refractivity contribution is -0.118. The third kappa shape index (κ3) is 2.82. The van der Waals surface area contributed by atoms with Crippen LogP contribution in [0.5, 0.6) is 0 Å². The van der Waals surface area contributed by atoms with E-state index in [4.69, 9.17) is 5.10 Å². The van der Waals surface area contributed by atoms with Gasteiger partial charge in [0.15, 0.2) is 0 Å². The van der Waals surface area contributed by atoms with Crippen molar-refractivity contribution in [1.29, 1.82) is 5.26 Å². The number of amides is 1. The van der Waals surface area contributed by atoms with E-state index in [-0.39, 0.29) is 5.91 Å². The molecule has 2 aliphatic heterocycles. The molecule has 0 fully saturated rings. The van der Waals surface area contributed by atoms with Gasteiger partial charge in [-0.05, 0) is 43.7 Å². The van der Waals surface area contributed by atoms with Gasteiger partial charge in [-0.2, -0.15) is 10.4 Å². The van der Waals surface area contributed by atoms with Crippen molar-refractivity contribution in [2.75, 3.05) is 10.6 Å². The first-order chi connectivity index (χ1) is 18.4. The number of nitriles is 1. The molecule has 0 bridgehead atoms. The molecule has 1 amide bonds. The second-order valence-electron chi connectivity index (χ2n) is 9.64. The number of aryl methyl sites for hydroxylation is 2. The standard InChI is InChI=1S/C30H21BrN6O/c1-16-7-6-10-20-21(15-33-26(16)20)27-23(14-32)30(22-12-11-18(31)13-24(22)34-29(30)38)25-17(2)36-37(28(25)35-27)19-8-4-3-5-9-19/h3-13,15,33,35H,1-2H3,(H,34,38). The van der Waals surface area contributed by atoms with E-state index < -0.39 is 5.41 Å². The molecule has 0 aliphatic carbocycles. The van der Waals surface area contributed by atoms with Crippen molar-refractivity contribution in [3.63, 3.8) is 0 Å². The minimum atomic E-state index is -1.37. The van der Waals surface area contributed by atoms with E-state index in [9.17, 15) is 10.1 Å². The summed E-state index contributed by atoms with van der Waals surface area (Å²) in [6.45, 7) is 3.93. The minimum Gasteiger partial charge on any atom is -0.360 e. The van der Waals surface area contributed by atoms with E-state index in [1.807, 2.05) is 91.5 Å². The molecule has 7 rings (SSSR count). The normalized spacial score (nSPS) is 17.8.